The van der Waals surface area contributed by atoms with Gasteiger partial charge in [-0.2, -0.15) is 13.2 Å². The molecule has 0 radical (unpaired) electrons. The number of thioether (sulfide) groups is 1. The van der Waals surface area contributed by atoms with Gasteiger partial charge in [0.15, 0.2) is 5.75 Å². The molecular weight excluding hydrogens is 535 g/mol. The van der Waals surface area contributed by atoms with Gasteiger partial charge in [0.05, 0.1) is 18.4 Å². The van der Waals surface area contributed by atoms with E-state index in [0.717, 1.165) is 44.5 Å². The zero-order chi connectivity index (χ0) is 27.3. The number of carbonyl (C=O) groups is 1. The van der Waals surface area contributed by atoms with E-state index >= 15 is 0 Å². The van der Waals surface area contributed by atoms with Gasteiger partial charge in [-0.05, 0) is 60.5 Å². The Balaban J connectivity index is 1.57. The van der Waals surface area contributed by atoms with E-state index in [1.165, 1.54) is 30.4 Å². The lowest BCUT2D eigenvalue weighted by Gasteiger charge is -2.08. The summed E-state index contributed by atoms with van der Waals surface area (Å²) >= 11 is 3.07. The highest BCUT2D eigenvalue weighted by molar-refractivity contribution is 7.98. The fourth-order valence-electron chi connectivity index (χ4n) is 3.55. The number of aryl methyl sites for hydroxylation is 1. The third-order valence-electron chi connectivity index (χ3n) is 5.53. The molecule has 0 bridgehead atoms. The monoisotopic (exact) mass is 559 g/mol. The summed E-state index contributed by atoms with van der Waals surface area (Å²) in [7, 11) is 1.61. The summed E-state index contributed by atoms with van der Waals surface area (Å²) in [5, 5.41) is 0.666. The lowest BCUT2D eigenvalue weighted by Crippen LogP contribution is -2.03. The van der Waals surface area contributed by atoms with Crippen molar-refractivity contribution in [2.45, 2.75) is 37.1 Å². The molecule has 0 unspecified atom stereocenters. The van der Waals surface area contributed by atoms with Gasteiger partial charge in [-0.1, -0.05) is 24.3 Å². The van der Waals surface area contributed by atoms with E-state index in [9.17, 15) is 18.0 Å². The maximum atomic E-state index is 13.0. The van der Waals surface area contributed by atoms with Gasteiger partial charge in [-0.3, -0.25) is 9.78 Å². The molecule has 5 nitrogen and oxygen atoms in total. The van der Waals surface area contributed by atoms with Gasteiger partial charge in [0, 0.05) is 34.4 Å². The van der Waals surface area contributed by atoms with Crippen molar-refractivity contribution in [1.82, 2.24) is 4.98 Å². The summed E-state index contributed by atoms with van der Waals surface area (Å²) in [5.74, 6) is 1.28. The van der Waals surface area contributed by atoms with Gasteiger partial charge >= 0.3 is 12.1 Å². The topological polar surface area (TPSA) is 57.6 Å². The molecule has 0 amide bonds. The van der Waals surface area contributed by atoms with Gasteiger partial charge in [0.2, 0.25) is 0 Å². The summed E-state index contributed by atoms with van der Waals surface area (Å²) in [6.07, 6.45) is -3.81. The number of carbonyl (C=O) groups excluding carboxylic acids is 1. The average molecular weight is 560 g/mol. The van der Waals surface area contributed by atoms with Crippen molar-refractivity contribution in [3.8, 4) is 22.1 Å². The summed E-state index contributed by atoms with van der Waals surface area (Å²) in [4.78, 5) is 27.5. The number of nitrogens with zero attached hydrogens (tertiary/aromatic N) is 1. The first kappa shape index (κ1) is 27.5. The number of alkyl halides is 3. The van der Waals surface area contributed by atoms with Crippen molar-refractivity contribution in [3.63, 3.8) is 0 Å². The molecular formula is C28H24F3NO4S2. The van der Waals surface area contributed by atoms with Crippen LogP contribution in [-0.2, 0) is 28.0 Å². The first-order chi connectivity index (χ1) is 18.1. The first-order valence-corrected chi connectivity index (χ1v) is 13.3. The Labute approximate surface area is 226 Å². The summed E-state index contributed by atoms with van der Waals surface area (Å²) in [6, 6.07) is 18.3. The highest BCUT2D eigenvalue weighted by atomic mass is 32.2. The molecule has 0 atom stereocenters. The van der Waals surface area contributed by atoms with Crippen molar-refractivity contribution in [3.05, 3.63) is 94.0 Å². The van der Waals surface area contributed by atoms with Crippen LogP contribution >= 0.6 is 23.1 Å². The van der Waals surface area contributed by atoms with Crippen LogP contribution in [0.2, 0.25) is 0 Å². The Morgan fingerprint density at radius 2 is 1.74 bits per heavy atom. The van der Waals surface area contributed by atoms with Crippen LogP contribution in [-0.4, -0.2) is 18.1 Å². The molecule has 0 saturated carbocycles. The van der Waals surface area contributed by atoms with Crippen LogP contribution in [0.4, 0.5) is 13.2 Å². The fourth-order valence-corrected chi connectivity index (χ4v) is 5.73. The highest BCUT2D eigenvalue weighted by Gasteiger charge is 2.30. The molecule has 0 aliphatic rings. The number of methoxy groups -OCH3 is 1. The van der Waals surface area contributed by atoms with Gasteiger partial charge in [0.25, 0.3) is 0 Å². The molecule has 3 aromatic carbocycles. The maximum Gasteiger partial charge on any atom is 0.416 e. The maximum absolute atomic E-state index is 13.0. The smallest absolute Gasteiger partial charge is 0.416 e. The number of hydrogen-bond acceptors (Lipinski definition) is 7. The minimum atomic E-state index is -4.39. The van der Waals surface area contributed by atoms with Crippen LogP contribution in [0.1, 0.15) is 34.2 Å². The highest BCUT2D eigenvalue weighted by Crippen LogP contribution is 2.36. The molecule has 38 heavy (non-hydrogen) atoms. The summed E-state index contributed by atoms with van der Waals surface area (Å²) < 4.78 is 44.3. The van der Waals surface area contributed by atoms with Crippen LogP contribution in [0, 0.1) is 6.92 Å². The van der Waals surface area contributed by atoms with Crippen molar-refractivity contribution < 1.29 is 32.5 Å². The van der Waals surface area contributed by atoms with Crippen molar-refractivity contribution in [1.29, 1.82) is 0 Å². The number of halogens is 3. The molecule has 0 spiro atoms. The zero-order valence-electron chi connectivity index (χ0n) is 20.8. The first-order valence-electron chi connectivity index (χ1n) is 11.5. The molecule has 0 aliphatic heterocycles. The van der Waals surface area contributed by atoms with Gasteiger partial charge in [0.1, 0.15) is 10.8 Å². The van der Waals surface area contributed by atoms with Crippen molar-refractivity contribution >= 4 is 29.1 Å². The Morgan fingerprint density at radius 3 is 2.34 bits per heavy atom. The predicted octanol–water partition coefficient (Wildman–Crippen LogP) is 7.89. The van der Waals surface area contributed by atoms with Crippen molar-refractivity contribution in [2.24, 2.45) is 0 Å². The predicted molar refractivity (Wildman–Crippen MR) is 141 cm³/mol. The summed E-state index contributed by atoms with van der Waals surface area (Å²) in [6.45, 7) is 3.12. The Morgan fingerprint density at radius 1 is 1.03 bits per heavy atom. The zero-order valence-corrected chi connectivity index (χ0v) is 22.4. The second-order valence-electron chi connectivity index (χ2n) is 8.36. The van der Waals surface area contributed by atoms with E-state index < -0.39 is 17.7 Å². The normalized spacial score (nSPS) is 11.3. The third kappa shape index (κ3) is 7.08. The molecule has 0 saturated heterocycles. The lowest BCUT2D eigenvalue weighted by atomic mass is 10.1. The molecule has 4 rings (SSSR count). The number of hydrogen-bond donors (Lipinski definition) is 0. The van der Waals surface area contributed by atoms with Crippen LogP contribution in [0.25, 0.3) is 10.6 Å². The molecule has 1 heterocycles. The number of rotatable bonds is 9. The number of thiazole rings is 1. The molecule has 0 aliphatic carbocycles. The quantitative estimate of drug-likeness (QED) is 0.118. The number of aromatic nitrogens is 1. The second-order valence-corrected chi connectivity index (χ2v) is 10.5. The van der Waals surface area contributed by atoms with Crippen LogP contribution in [0.15, 0.2) is 71.6 Å². The molecule has 0 N–H and O–H groups in total. The van der Waals surface area contributed by atoms with Gasteiger partial charge in [-0.15, -0.1) is 23.1 Å². The SMILES string of the molecule is COc1ccc(Cc2nc(-c3ccc(C(F)(F)F)cc3)sc2CSc2ccc(OOC(C)=O)c(C)c2)cc1. The lowest BCUT2D eigenvalue weighted by molar-refractivity contribution is -0.211. The van der Waals surface area contributed by atoms with E-state index in [4.69, 9.17) is 14.6 Å². The summed E-state index contributed by atoms with van der Waals surface area (Å²) in [5.41, 5.74) is 2.67. The van der Waals surface area contributed by atoms with E-state index in [-0.39, 0.29) is 0 Å². The van der Waals surface area contributed by atoms with Gasteiger partial charge < -0.3 is 4.74 Å². The molecule has 1 aromatic heterocycles. The standard InChI is InChI=1S/C28H24F3NO4S2/c1-17-14-23(12-13-25(17)36-35-18(2)33)37-16-26-24(15-19-4-10-22(34-3)11-5-19)32-27(38-26)20-6-8-21(9-7-20)28(29,30)31/h4-14H,15-16H2,1-3H3. The van der Waals surface area contributed by atoms with Crippen LogP contribution in [0.5, 0.6) is 11.5 Å². The third-order valence-corrected chi connectivity index (χ3v) is 7.88. The van der Waals surface area contributed by atoms with Crippen LogP contribution < -0.4 is 9.62 Å². The number of benzene rings is 3. The minimum absolute atomic E-state index is 0.451. The Hall–Kier alpha value is -3.50. The van der Waals surface area contributed by atoms with E-state index in [0.29, 0.717) is 28.5 Å². The molecule has 198 valence electrons. The van der Waals surface area contributed by atoms with Crippen LogP contribution in [0.3, 0.4) is 0 Å². The Bertz CT molecular complexity index is 1400. The fraction of sp³-hybridized carbons (Fsp3) is 0.214. The molecule has 0 fully saturated rings. The molecule has 4 aromatic rings. The van der Waals surface area contributed by atoms with Crippen molar-refractivity contribution in [2.75, 3.05) is 7.11 Å². The van der Waals surface area contributed by atoms with E-state index in [1.54, 1.807) is 24.9 Å². The Kier molecular flexibility index (Phi) is 8.63. The molecule has 10 heteroatoms. The largest absolute Gasteiger partial charge is 0.497 e. The number of ether oxygens (including phenoxy) is 1. The van der Waals surface area contributed by atoms with Gasteiger partial charge in [-0.25, -0.2) is 9.78 Å². The van der Waals surface area contributed by atoms with E-state index in [1.807, 2.05) is 43.3 Å². The second kappa shape index (κ2) is 11.9. The minimum Gasteiger partial charge on any atom is -0.497 e. The van der Waals surface area contributed by atoms with E-state index in [2.05, 4.69) is 4.89 Å². The average Bonchev–Trinajstić information content (AvgIpc) is 3.29.